The van der Waals surface area contributed by atoms with Gasteiger partial charge >= 0.3 is 0 Å². The van der Waals surface area contributed by atoms with Gasteiger partial charge in [-0.15, -0.1) is 11.3 Å². The fraction of sp³-hybridized carbons (Fsp3) is 0.333. The SMILES string of the molecule is CSC(C)C(=O)N=c1sccn1Cc1ccc(C)cc1. The van der Waals surface area contributed by atoms with Gasteiger partial charge in [-0.1, -0.05) is 29.8 Å². The van der Waals surface area contributed by atoms with Crippen molar-refractivity contribution in [2.45, 2.75) is 25.6 Å². The number of aryl methyl sites for hydroxylation is 1. The van der Waals surface area contributed by atoms with Crippen molar-refractivity contribution in [2.75, 3.05) is 6.26 Å². The molecule has 0 fully saturated rings. The van der Waals surface area contributed by atoms with E-state index in [9.17, 15) is 4.79 Å². The van der Waals surface area contributed by atoms with Crippen LogP contribution in [0.25, 0.3) is 0 Å². The Kier molecular flexibility index (Phi) is 5.20. The molecule has 3 nitrogen and oxygen atoms in total. The average Bonchev–Trinajstić information content (AvgIpc) is 2.87. The van der Waals surface area contributed by atoms with E-state index in [-0.39, 0.29) is 11.2 Å². The molecule has 0 radical (unpaired) electrons. The molecule has 0 bridgehead atoms. The molecule has 5 heteroatoms. The van der Waals surface area contributed by atoms with E-state index in [0.29, 0.717) is 0 Å². The molecule has 0 saturated heterocycles. The van der Waals surface area contributed by atoms with Crippen LogP contribution in [0.15, 0.2) is 40.8 Å². The van der Waals surface area contributed by atoms with Crippen LogP contribution in [0.1, 0.15) is 18.1 Å². The van der Waals surface area contributed by atoms with Crippen LogP contribution in [0.5, 0.6) is 0 Å². The molecule has 106 valence electrons. The second-order valence-electron chi connectivity index (χ2n) is 4.63. The Morgan fingerprint density at radius 3 is 2.75 bits per heavy atom. The molecule has 0 aliphatic carbocycles. The molecule has 2 aromatic rings. The van der Waals surface area contributed by atoms with E-state index in [4.69, 9.17) is 0 Å². The molecule has 1 aromatic heterocycles. The second kappa shape index (κ2) is 6.90. The lowest BCUT2D eigenvalue weighted by Crippen LogP contribution is -2.20. The quantitative estimate of drug-likeness (QED) is 0.870. The second-order valence-corrected chi connectivity index (χ2v) is 6.68. The Bertz CT molecular complexity index is 640. The van der Waals surface area contributed by atoms with Crippen LogP contribution in [0.2, 0.25) is 0 Å². The lowest BCUT2D eigenvalue weighted by molar-refractivity contribution is -0.117. The van der Waals surface area contributed by atoms with Gasteiger partial charge in [-0.3, -0.25) is 4.79 Å². The topological polar surface area (TPSA) is 34.4 Å². The fourth-order valence-corrected chi connectivity index (χ4v) is 2.67. The third kappa shape index (κ3) is 3.84. The molecular formula is C15H18N2OS2. The van der Waals surface area contributed by atoms with Gasteiger partial charge < -0.3 is 4.57 Å². The first kappa shape index (κ1) is 15.1. The molecule has 1 atom stereocenters. The van der Waals surface area contributed by atoms with Gasteiger partial charge in [0.25, 0.3) is 5.91 Å². The van der Waals surface area contributed by atoms with E-state index >= 15 is 0 Å². The number of carbonyl (C=O) groups is 1. The van der Waals surface area contributed by atoms with Gasteiger partial charge in [0.15, 0.2) is 4.80 Å². The van der Waals surface area contributed by atoms with Crippen molar-refractivity contribution >= 4 is 29.0 Å². The van der Waals surface area contributed by atoms with Crippen molar-refractivity contribution in [3.05, 3.63) is 51.8 Å². The van der Waals surface area contributed by atoms with E-state index in [1.807, 2.05) is 29.3 Å². The summed E-state index contributed by atoms with van der Waals surface area (Å²) in [7, 11) is 0. The molecule has 0 N–H and O–H groups in total. The van der Waals surface area contributed by atoms with Crippen LogP contribution in [0, 0.1) is 6.92 Å². The van der Waals surface area contributed by atoms with Crippen molar-refractivity contribution in [3.8, 4) is 0 Å². The van der Waals surface area contributed by atoms with E-state index in [0.717, 1.165) is 11.3 Å². The molecule has 1 amide bonds. The predicted octanol–water partition coefficient (Wildman–Crippen LogP) is 3.09. The van der Waals surface area contributed by atoms with Gasteiger partial charge in [0.05, 0.1) is 5.25 Å². The zero-order chi connectivity index (χ0) is 14.5. The number of aromatic nitrogens is 1. The Morgan fingerprint density at radius 2 is 2.10 bits per heavy atom. The van der Waals surface area contributed by atoms with E-state index in [2.05, 4.69) is 36.2 Å². The van der Waals surface area contributed by atoms with Gasteiger partial charge in [-0.05, 0) is 25.7 Å². The van der Waals surface area contributed by atoms with E-state index in [1.165, 1.54) is 34.2 Å². The van der Waals surface area contributed by atoms with Gasteiger partial charge in [-0.2, -0.15) is 16.8 Å². The van der Waals surface area contributed by atoms with Crippen molar-refractivity contribution in [1.29, 1.82) is 0 Å². The number of nitrogens with zero attached hydrogens (tertiary/aromatic N) is 2. The first-order valence-corrected chi connectivity index (χ1v) is 8.57. The normalized spacial score (nSPS) is 13.4. The number of benzene rings is 1. The van der Waals surface area contributed by atoms with E-state index < -0.39 is 0 Å². The highest BCUT2D eigenvalue weighted by atomic mass is 32.2. The van der Waals surface area contributed by atoms with Crippen LogP contribution in [0.4, 0.5) is 0 Å². The first-order valence-electron chi connectivity index (χ1n) is 6.41. The van der Waals surface area contributed by atoms with Gasteiger partial charge in [0, 0.05) is 18.1 Å². The molecule has 1 heterocycles. The highest BCUT2D eigenvalue weighted by Gasteiger charge is 2.10. The Balaban J connectivity index is 2.22. The number of thiazole rings is 1. The molecule has 20 heavy (non-hydrogen) atoms. The van der Waals surface area contributed by atoms with Crippen LogP contribution in [-0.4, -0.2) is 22.0 Å². The lowest BCUT2D eigenvalue weighted by atomic mass is 10.1. The van der Waals surface area contributed by atoms with E-state index in [1.54, 1.807) is 0 Å². The molecule has 0 spiro atoms. The Morgan fingerprint density at radius 1 is 1.40 bits per heavy atom. The van der Waals surface area contributed by atoms with Crippen molar-refractivity contribution in [3.63, 3.8) is 0 Å². The predicted molar refractivity (Wildman–Crippen MR) is 86.1 cm³/mol. The molecule has 1 unspecified atom stereocenters. The number of thioether (sulfide) groups is 1. The van der Waals surface area contributed by atoms with Crippen LogP contribution in [0.3, 0.4) is 0 Å². The standard InChI is InChI=1S/C15H18N2OS2/c1-11-4-6-13(7-5-11)10-17-8-9-20-15(17)16-14(18)12(2)19-3/h4-9,12H,10H2,1-3H3. The van der Waals surface area contributed by atoms with Crippen LogP contribution >= 0.6 is 23.1 Å². The summed E-state index contributed by atoms with van der Waals surface area (Å²) in [6, 6.07) is 8.41. The molecule has 0 aliphatic heterocycles. The maximum Gasteiger partial charge on any atom is 0.261 e. The number of amides is 1. The highest BCUT2D eigenvalue weighted by molar-refractivity contribution is 7.99. The minimum Gasteiger partial charge on any atom is -0.319 e. The highest BCUT2D eigenvalue weighted by Crippen LogP contribution is 2.07. The smallest absolute Gasteiger partial charge is 0.261 e. The number of hydrogen-bond donors (Lipinski definition) is 0. The summed E-state index contributed by atoms with van der Waals surface area (Å²) < 4.78 is 2.01. The van der Waals surface area contributed by atoms with Crippen molar-refractivity contribution < 1.29 is 4.79 Å². The zero-order valence-corrected chi connectivity index (χ0v) is 13.5. The molecule has 0 aliphatic rings. The summed E-state index contributed by atoms with van der Waals surface area (Å²) in [6.45, 7) is 4.70. The maximum absolute atomic E-state index is 11.9. The van der Waals surface area contributed by atoms with Gasteiger partial charge in [-0.25, -0.2) is 0 Å². The first-order chi connectivity index (χ1) is 9.60. The van der Waals surface area contributed by atoms with Gasteiger partial charge in [0.2, 0.25) is 0 Å². The average molecular weight is 306 g/mol. The maximum atomic E-state index is 11.9. The summed E-state index contributed by atoms with van der Waals surface area (Å²) >= 11 is 3.01. The minimum absolute atomic E-state index is 0.0717. The monoisotopic (exact) mass is 306 g/mol. The summed E-state index contributed by atoms with van der Waals surface area (Å²) in [6.07, 6.45) is 3.90. The summed E-state index contributed by atoms with van der Waals surface area (Å²) in [5.41, 5.74) is 2.46. The third-order valence-corrected chi connectivity index (χ3v) is 4.74. The molecular weight excluding hydrogens is 288 g/mol. The van der Waals surface area contributed by atoms with Crippen LogP contribution < -0.4 is 4.80 Å². The summed E-state index contributed by atoms with van der Waals surface area (Å²) in [4.78, 5) is 16.9. The van der Waals surface area contributed by atoms with Crippen molar-refractivity contribution in [1.82, 2.24) is 4.57 Å². The largest absolute Gasteiger partial charge is 0.319 e. The third-order valence-electron chi connectivity index (χ3n) is 3.04. The molecule has 0 saturated carbocycles. The fourth-order valence-electron chi connectivity index (χ4n) is 1.68. The van der Waals surface area contributed by atoms with Crippen LogP contribution in [-0.2, 0) is 11.3 Å². The summed E-state index contributed by atoms with van der Waals surface area (Å²) in [5, 5.41) is 1.87. The van der Waals surface area contributed by atoms with Crippen molar-refractivity contribution in [2.24, 2.45) is 4.99 Å². The molecule has 2 rings (SSSR count). The number of carbonyl (C=O) groups excluding carboxylic acids is 1. The minimum atomic E-state index is -0.0927. The molecule has 1 aromatic carbocycles. The Hall–Kier alpha value is -1.33. The zero-order valence-electron chi connectivity index (χ0n) is 11.9. The Labute approximate surface area is 127 Å². The number of rotatable bonds is 4. The van der Waals surface area contributed by atoms with Gasteiger partial charge in [0.1, 0.15) is 0 Å². The lowest BCUT2D eigenvalue weighted by Gasteiger charge is -2.05. The number of hydrogen-bond acceptors (Lipinski definition) is 3. The summed E-state index contributed by atoms with van der Waals surface area (Å²) in [5.74, 6) is -0.0717.